The van der Waals surface area contributed by atoms with Gasteiger partial charge in [-0.15, -0.1) is 0 Å². The highest BCUT2D eigenvalue weighted by Gasteiger charge is 2.19. The van der Waals surface area contributed by atoms with Gasteiger partial charge < -0.3 is 14.2 Å². The number of ether oxygens (including phenoxy) is 3. The fourth-order valence-electron chi connectivity index (χ4n) is 6.84. The predicted octanol–water partition coefficient (Wildman–Crippen LogP) is 16.1. The Kier molecular flexibility index (Phi) is 45.4. The molecule has 0 amide bonds. The van der Waals surface area contributed by atoms with Crippen LogP contribution in [0.25, 0.3) is 0 Å². The van der Waals surface area contributed by atoms with Crippen molar-refractivity contribution >= 4 is 17.9 Å². The Balaban J connectivity index is 4.47. The van der Waals surface area contributed by atoms with Crippen LogP contribution in [0.5, 0.6) is 0 Å². The van der Waals surface area contributed by atoms with Crippen LogP contribution >= 0.6 is 0 Å². The Morgan fingerprint density at radius 3 is 1.03 bits per heavy atom. The lowest BCUT2D eigenvalue weighted by atomic mass is 10.0. The van der Waals surface area contributed by atoms with E-state index in [9.17, 15) is 14.4 Å². The number of allylic oxidation sites excluding steroid dienone is 10. The Morgan fingerprint density at radius 1 is 0.356 bits per heavy atom. The van der Waals surface area contributed by atoms with Gasteiger partial charge >= 0.3 is 17.9 Å². The zero-order valence-corrected chi connectivity index (χ0v) is 38.8. The molecular formula is C53H92O6. The van der Waals surface area contributed by atoms with E-state index in [1.807, 2.05) is 6.08 Å². The van der Waals surface area contributed by atoms with Crippen molar-refractivity contribution in [3.05, 3.63) is 60.8 Å². The van der Waals surface area contributed by atoms with E-state index in [4.69, 9.17) is 14.2 Å². The first-order chi connectivity index (χ1) is 29.0. The molecule has 0 heterocycles. The summed E-state index contributed by atoms with van der Waals surface area (Å²) in [5, 5.41) is 0. The quantitative estimate of drug-likeness (QED) is 0.0263. The van der Waals surface area contributed by atoms with Crippen LogP contribution in [0.1, 0.15) is 239 Å². The van der Waals surface area contributed by atoms with Gasteiger partial charge in [0.15, 0.2) is 6.10 Å². The zero-order valence-electron chi connectivity index (χ0n) is 38.8. The molecule has 0 N–H and O–H groups in total. The first kappa shape index (κ1) is 56.1. The fourth-order valence-corrected chi connectivity index (χ4v) is 6.84. The lowest BCUT2D eigenvalue weighted by Gasteiger charge is -2.18. The van der Waals surface area contributed by atoms with Crippen molar-refractivity contribution in [3.8, 4) is 0 Å². The second-order valence-electron chi connectivity index (χ2n) is 16.4. The van der Waals surface area contributed by atoms with Gasteiger partial charge in [-0.2, -0.15) is 0 Å². The molecule has 6 nitrogen and oxygen atoms in total. The maximum Gasteiger partial charge on any atom is 0.306 e. The summed E-state index contributed by atoms with van der Waals surface area (Å²) in [6.45, 7) is 6.46. The molecule has 1 unspecified atom stereocenters. The van der Waals surface area contributed by atoms with Crippen molar-refractivity contribution in [1.29, 1.82) is 0 Å². The molecule has 6 heteroatoms. The molecule has 59 heavy (non-hydrogen) atoms. The first-order valence-corrected chi connectivity index (χ1v) is 24.8. The second kappa shape index (κ2) is 47.8. The van der Waals surface area contributed by atoms with E-state index in [0.29, 0.717) is 19.3 Å². The van der Waals surface area contributed by atoms with Crippen LogP contribution in [0.15, 0.2) is 60.8 Å². The summed E-state index contributed by atoms with van der Waals surface area (Å²) in [5.74, 6) is -0.977. The predicted molar refractivity (Wildman–Crippen MR) is 251 cm³/mol. The normalized spacial score (nSPS) is 12.5. The van der Waals surface area contributed by atoms with Gasteiger partial charge in [0.2, 0.25) is 0 Å². The molecular weight excluding hydrogens is 733 g/mol. The Labute approximate surface area is 364 Å². The van der Waals surface area contributed by atoms with Gasteiger partial charge in [-0.05, 0) is 51.4 Å². The summed E-state index contributed by atoms with van der Waals surface area (Å²) in [6.07, 6.45) is 57.8. The van der Waals surface area contributed by atoms with Crippen molar-refractivity contribution < 1.29 is 28.6 Å². The summed E-state index contributed by atoms with van der Waals surface area (Å²) in [5.41, 5.74) is 0. The minimum Gasteiger partial charge on any atom is -0.462 e. The van der Waals surface area contributed by atoms with E-state index in [1.165, 1.54) is 122 Å². The van der Waals surface area contributed by atoms with Crippen molar-refractivity contribution in [2.75, 3.05) is 13.2 Å². The number of rotatable bonds is 44. The molecule has 0 aromatic heterocycles. The molecule has 0 fully saturated rings. The van der Waals surface area contributed by atoms with Gasteiger partial charge in [0.25, 0.3) is 0 Å². The maximum atomic E-state index is 12.8. The lowest BCUT2D eigenvalue weighted by molar-refractivity contribution is -0.166. The zero-order chi connectivity index (χ0) is 43.0. The number of unbranched alkanes of at least 4 members (excludes halogenated alkanes) is 23. The molecule has 0 aromatic rings. The largest absolute Gasteiger partial charge is 0.462 e. The van der Waals surface area contributed by atoms with Crippen LogP contribution < -0.4 is 0 Å². The van der Waals surface area contributed by atoms with Gasteiger partial charge in [0, 0.05) is 19.3 Å². The molecule has 0 aromatic carbocycles. The van der Waals surface area contributed by atoms with Crippen LogP contribution in [0.4, 0.5) is 0 Å². The first-order valence-electron chi connectivity index (χ1n) is 24.8. The molecule has 0 spiro atoms. The van der Waals surface area contributed by atoms with Crippen molar-refractivity contribution in [2.24, 2.45) is 0 Å². The minimum absolute atomic E-state index is 0.0938. The van der Waals surface area contributed by atoms with Gasteiger partial charge in [-0.25, -0.2) is 0 Å². The fraction of sp³-hybridized carbons (Fsp3) is 0.755. The Bertz CT molecular complexity index is 1090. The monoisotopic (exact) mass is 825 g/mol. The van der Waals surface area contributed by atoms with Gasteiger partial charge in [-0.3, -0.25) is 14.4 Å². The molecule has 1 atom stereocenters. The van der Waals surface area contributed by atoms with E-state index in [0.717, 1.165) is 70.6 Å². The number of carbonyl (C=O) groups is 3. The Hall–Kier alpha value is -2.89. The maximum absolute atomic E-state index is 12.8. The summed E-state index contributed by atoms with van der Waals surface area (Å²) in [6, 6.07) is 0. The smallest absolute Gasteiger partial charge is 0.306 e. The number of hydrogen-bond acceptors (Lipinski definition) is 6. The molecule has 0 saturated heterocycles. The van der Waals surface area contributed by atoms with E-state index in [1.54, 1.807) is 0 Å². The minimum atomic E-state index is -0.798. The Morgan fingerprint density at radius 2 is 0.661 bits per heavy atom. The third kappa shape index (κ3) is 46.0. The molecule has 0 radical (unpaired) electrons. The van der Waals surface area contributed by atoms with Crippen molar-refractivity contribution in [2.45, 2.75) is 245 Å². The van der Waals surface area contributed by atoms with Crippen LogP contribution in [0.3, 0.4) is 0 Å². The topological polar surface area (TPSA) is 78.9 Å². The molecule has 0 saturated carbocycles. The van der Waals surface area contributed by atoms with E-state index < -0.39 is 6.10 Å². The van der Waals surface area contributed by atoms with Gasteiger partial charge in [0.1, 0.15) is 13.2 Å². The van der Waals surface area contributed by atoms with Crippen LogP contribution in [0.2, 0.25) is 0 Å². The van der Waals surface area contributed by atoms with Gasteiger partial charge in [0.05, 0.1) is 0 Å². The molecule has 0 aliphatic rings. The standard InChI is InChI=1S/C53H92O6/c1-4-7-10-13-16-19-22-25-26-27-29-31-34-37-40-43-46-52(55)58-49-50(48-57-51(54)45-42-39-36-33-30-24-21-18-15-12-9-6-3)59-53(56)47-44-41-38-35-32-28-23-20-17-14-11-8-5-2/h7,10,16,19,25-26,29,31,37,40,50H,4-6,8-9,11-15,17-18,20-24,27-28,30,32-36,38-39,41-49H2,1-3H3/b10-7-,19-16-,26-25-,31-29-,40-37-. The van der Waals surface area contributed by atoms with E-state index in [2.05, 4.69) is 75.5 Å². The molecule has 0 rings (SSSR count). The third-order valence-electron chi connectivity index (χ3n) is 10.6. The highest BCUT2D eigenvalue weighted by molar-refractivity contribution is 5.71. The molecule has 0 aliphatic carbocycles. The SMILES string of the molecule is CC/C=C\C/C=C\C/C=C\C/C=C\C/C=C\CCC(=O)OCC(COC(=O)CCCCCCCCCCCCCC)OC(=O)CCCCCCCCCCCCCCC. The second-order valence-corrected chi connectivity index (χ2v) is 16.4. The van der Waals surface area contributed by atoms with Crippen molar-refractivity contribution in [1.82, 2.24) is 0 Å². The number of carbonyl (C=O) groups excluding carboxylic acids is 3. The molecule has 0 aliphatic heterocycles. The average molecular weight is 825 g/mol. The summed E-state index contributed by atoms with van der Waals surface area (Å²) < 4.78 is 16.7. The highest BCUT2D eigenvalue weighted by Crippen LogP contribution is 2.15. The van der Waals surface area contributed by atoms with E-state index in [-0.39, 0.29) is 37.5 Å². The van der Waals surface area contributed by atoms with Crippen molar-refractivity contribution in [3.63, 3.8) is 0 Å². The van der Waals surface area contributed by atoms with E-state index >= 15 is 0 Å². The highest BCUT2D eigenvalue weighted by atomic mass is 16.6. The van der Waals surface area contributed by atoms with Gasteiger partial charge in [-0.1, -0.05) is 229 Å². The number of hydrogen-bond donors (Lipinski definition) is 0. The average Bonchev–Trinajstić information content (AvgIpc) is 3.23. The van der Waals surface area contributed by atoms with Crippen LogP contribution in [-0.4, -0.2) is 37.2 Å². The lowest BCUT2D eigenvalue weighted by Crippen LogP contribution is -2.30. The molecule has 340 valence electrons. The summed E-state index contributed by atoms with van der Waals surface area (Å²) >= 11 is 0. The third-order valence-corrected chi connectivity index (χ3v) is 10.6. The summed E-state index contributed by atoms with van der Waals surface area (Å²) in [4.78, 5) is 37.8. The number of esters is 3. The summed E-state index contributed by atoms with van der Waals surface area (Å²) in [7, 11) is 0. The van der Waals surface area contributed by atoms with Crippen LogP contribution in [-0.2, 0) is 28.6 Å². The van der Waals surface area contributed by atoms with Crippen LogP contribution in [0, 0.1) is 0 Å². The molecule has 0 bridgehead atoms.